The summed E-state index contributed by atoms with van der Waals surface area (Å²) < 4.78 is 16.4. The van der Waals surface area contributed by atoms with Crippen molar-refractivity contribution in [3.8, 4) is 11.1 Å². The fourth-order valence-corrected chi connectivity index (χ4v) is 4.51. The molecule has 0 spiro atoms. The Morgan fingerprint density at radius 3 is 2.82 bits per heavy atom. The molecule has 7 nitrogen and oxygen atoms in total. The maximum absolute atomic E-state index is 14.7. The first-order chi connectivity index (χ1) is 16.0. The molecule has 0 bridgehead atoms. The summed E-state index contributed by atoms with van der Waals surface area (Å²) >= 11 is 0. The molecule has 5 rings (SSSR count). The maximum atomic E-state index is 14.7. The van der Waals surface area contributed by atoms with E-state index in [1.807, 2.05) is 19.3 Å². The van der Waals surface area contributed by atoms with E-state index < -0.39 is 0 Å². The Labute approximate surface area is 192 Å². The van der Waals surface area contributed by atoms with E-state index in [1.54, 1.807) is 23.1 Å². The summed E-state index contributed by atoms with van der Waals surface area (Å²) in [7, 11) is 3.99. The lowest BCUT2D eigenvalue weighted by Gasteiger charge is -2.28. The van der Waals surface area contributed by atoms with E-state index in [-0.39, 0.29) is 5.82 Å². The zero-order valence-corrected chi connectivity index (χ0v) is 19.0. The summed E-state index contributed by atoms with van der Waals surface area (Å²) in [6.45, 7) is 6.49. The number of H-pyrrole nitrogens is 1. The minimum atomic E-state index is -0.322. The summed E-state index contributed by atoms with van der Waals surface area (Å²) in [6.07, 6.45) is 8.67. The van der Waals surface area contributed by atoms with E-state index in [0.717, 1.165) is 41.8 Å². The van der Waals surface area contributed by atoms with E-state index >= 15 is 0 Å². The number of aromatic amines is 1. The zero-order chi connectivity index (χ0) is 22.9. The highest BCUT2D eigenvalue weighted by Crippen LogP contribution is 2.31. The average Bonchev–Trinajstić information content (AvgIpc) is 3.41. The molecule has 0 atom stereocenters. The zero-order valence-electron chi connectivity index (χ0n) is 19.0. The monoisotopic (exact) mass is 445 g/mol. The van der Waals surface area contributed by atoms with Gasteiger partial charge in [0.2, 0.25) is 0 Å². The van der Waals surface area contributed by atoms with Gasteiger partial charge in [-0.05, 0) is 63.5 Å². The van der Waals surface area contributed by atoms with Gasteiger partial charge in [0.15, 0.2) is 0 Å². The van der Waals surface area contributed by atoms with Crippen molar-refractivity contribution >= 4 is 22.3 Å². The Bertz CT molecular complexity index is 1300. The molecule has 33 heavy (non-hydrogen) atoms. The van der Waals surface area contributed by atoms with E-state index in [2.05, 4.69) is 50.2 Å². The third kappa shape index (κ3) is 4.52. The fraction of sp³-hybridized carbons (Fsp3) is 0.320. The Balaban J connectivity index is 1.36. The molecular formula is C25H28FN7. The molecule has 0 amide bonds. The van der Waals surface area contributed by atoms with Gasteiger partial charge < -0.3 is 10.2 Å². The van der Waals surface area contributed by atoms with Crippen molar-refractivity contribution in [3.05, 3.63) is 66.6 Å². The second kappa shape index (κ2) is 8.78. The van der Waals surface area contributed by atoms with Crippen molar-refractivity contribution in [1.29, 1.82) is 0 Å². The van der Waals surface area contributed by atoms with E-state index in [4.69, 9.17) is 0 Å². The van der Waals surface area contributed by atoms with Gasteiger partial charge in [-0.15, -0.1) is 0 Å². The number of likely N-dealkylation sites (tertiary alicyclic amines) is 1. The molecule has 0 radical (unpaired) electrons. The van der Waals surface area contributed by atoms with E-state index in [1.165, 1.54) is 18.9 Å². The molecule has 0 saturated carbocycles. The van der Waals surface area contributed by atoms with Gasteiger partial charge in [0.05, 0.1) is 17.4 Å². The van der Waals surface area contributed by atoms with Crippen molar-refractivity contribution < 1.29 is 4.39 Å². The van der Waals surface area contributed by atoms with Crippen LogP contribution in [-0.4, -0.2) is 50.0 Å². The molecule has 3 aromatic heterocycles. The number of halogens is 1. The molecule has 4 aromatic rings. The van der Waals surface area contributed by atoms with Crippen molar-refractivity contribution in [2.45, 2.75) is 19.3 Å². The van der Waals surface area contributed by atoms with Crippen molar-refractivity contribution in [1.82, 2.24) is 29.9 Å². The normalized spacial score (nSPS) is 15.2. The van der Waals surface area contributed by atoms with Crippen molar-refractivity contribution in [3.63, 3.8) is 0 Å². The van der Waals surface area contributed by atoms with Gasteiger partial charge in [0, 0.05) is 53.4 Å². The largest absolute Gasteiger partial charge is 0.354 e. The average molecular weight is 446 g/mol. The van der Waals surface area contributed by atoms with Crippen LogP contribution < -0.4 is 5.32 Å². The number of piperidine rings is 1. The highest BCUT2D eigenvalue weighted by molar-refractivity contribution is 5.95. The minimum Gasteiger partial charge on any atom is -0.354 e. The molecule has 1 fully saturated rings. The number of nitrogens with one attached hydrogen (secondary N) is 2. The lowest BCUT2D eigenvalue weighted by molar-refractivity contribution is 0.218. The number of anilines is 1. The van der Waals surface area contributed by atoms with Crippen LogP contribution in [0, 0.1) is 11.7 Å². The van der Waals surface area contributed by atoms with Gasteiger partial charge in [-0.25, -0.2) is 4.39 Å². The number of hydrogen-bond donors (Lipinski definition) is 2. The van der Waals surface area contributed by atoms with Gasteiger partial charge >= 0.3 is 0 Å². The number of benzene rings is 1. The molecule has 0 aliphatic carbocycles. The van der Waals surface area contributed by atoms with E-state index in [0.29, 0.717) is 28.4 Å². The topological polar surface area (TPSA) is 74.7 Å². The molecule has 170 valence electrons. The second-order valence-corrected chi connectivity index (χ2v) is 8.94. The molecule has 1 aliphatic heterocycles. The molecule has 4 heterocycles. The van der Waals surface area contributed by atoms with Crippen LogP contribution in [-0.2, 0) is 13.5 Å². The SMILES string of the molecule is C=C(Nc1ccnc(CC2CCN(C)CC2)c1)c1n[nH]c2cc(F)c(-c3cnn(C)c3)cc12. The summed E-state index contributed by atoms with van der Waals surface area (Å²) in [5.74, 6) is 0.347. The standard InChI is InChI=1S/C25H28FN7/c1-16(29-19-4-7-27-20(11-19)10-17-5-8-32(2)9-6-17)25-22-12-21(18-14-28-33(3)15-18)23(26)13-24(22)30-31-25/h4,7,11-15,17H,1,5-6,8-10H2,2-3H3,(H,27,29)(H,30,31). The Morgan fingerprint density at radius 2 is 2.06 bits per heavy atom. The number of rotatable bonds is 6. The molecule has 8 heteroatoms. The number of nitrogens with zero attached hydrogens (tertiary/aromatic N) is 5. The maximum Gasteiger partial charge on any atom is 0.133 e. The number of aryl methyl sites for hydroxylation is 1. The predicted molar refractivity (Wildman–Crippen MR) is 129 cm³/mol. The predicted octanol–water partition coefficient (Wildman–Crippen LogP) is 4.46. The van der Waals surface area contributed by atoms with Crippen LogP contribution in [0.2, 0.25) is 0 Å². The highest BCUT2D eigenvalue weighted by atomic mass is 19.1. The third-order valence-electron chi connectivity index (χ3n) is 6.40. The van der Waals surface area contributed by atoms with Crippen LogP contribution in [0.4, 0.5) is 10.1 Å². The summed E-state index contributed by atoms with van der Waals surface area (Å²) in [4.78, 5) is 6.96. The number of fused-ring (bicyclic) bond motifs is 1. The minimum absolute atomic E-state index is 0.322. The van der Waals surface area contributed by atoms with Gasteiger partial charge in [-0.2, -0.15) is 10.2 Å². The lowest BCUT2D eigenvalue weighted by Crippen LogP contribution is -2.31. The second-order valence-electron chi connectivity index (χ2n) is 8.94. The molecule has 2 N–H and O–H groups in total. The van der Waals surface area contributed by atoms with Crippen LogP contribution in [0.25, 0.3) is 27.7 Å². The molecular weight excluding hydrogens is 417 g/mol. The quantitative estimate of drug-likeness (QED) is 0.458. The summed E-state index contributed by atoms with van der Waals surface area (Å²) in [5, 5.41) is 15.6. The van der Waals surface area contributed by atoms with Gasteiger partial charge in [0.25, 0.3) is 0 Å². The number of hydrogen-bond acceptors (Lipinski definition) is 5. The lowest BCUT2D eigenvalue weighted by atomic mass is 9.92. The van der Waals surface area contributed by atoms with Crippen LogP contribution in [0.5, 0.6) is 0 Å². The highest BCUT2D eigenvalue weighted by Gasteiger charge is 2.18. The van der Waals surface area contributed by atoms with Gasteiger partial charge in [0.1, 0.15) is 11.5 Å². The van der Waals surface area contributed by atoms with Crippen molar-refractivity contribution in [2.75, 3.05) is 25.5 Å². The molecule has 1 aromatic carbocycles. The molecule has 0 unspecified atom stereocenters. The van der Waals surface area contributed by atoms with E-state index in [9.17, 15) is 4.39 Å². The van der Waals surface area contributed by atoms with Crippen LogP contribution in [0.3, 0.4) is 0 Å². The Hall–Kier alpha value is -3.52. The number of pyridine rings is 1. The summed E-state index contributed by atoms with van der Waals surface area (Å²) in [6, 6.07) is 7.27. The van der Waals surface area contributed by atoms with Crippen LogP contribution in [0.1, 0.15) is 24.2 Å². The van der Waals surface area contributed by atoms with Crippen LogP contribution in [0.15, 0.2) is 49.4 Å². The van der Waals surface area contributed by atoms with Crippen LogP contribution >= 0.6 is 0 Å². The number of aromatic nitrogens is 5. The summed E-state index contributed by atoms with van der Waals surface area (Å²) in [5.41, 5.74) is 5.12. The first-order valence-corrected chi connectivity index (χ1v) is 11.2. The van der Waals surface area contributed by atoms with Crippen molar-refractivity contribution in [2.24, 2.45) is 13.0 Å². The fourth-order valence-electron chi connectivity index (χ4n) is 4.51. The third-order valence-corrected chi connectivity index (χ3v) is 6.40. The molecule has 1 aliphatic rings. The Kier molecular flexibility index (Phi) is 5.68. The first kappa shape index (κ1) is 21.3. The molecule has 1 saturated heterocycles. The van der Waals surface area contributed by atoms with Gasteiger partial charge in [-0.3, -0.25) is 14.8 Å². The first-order valence-electron chi connectivity index (χ1n) is 11.2. The van der Waals surface area contributed by atoms with Gasteiger partial charge in [-0.1, -0.05) is 6.58 Å². The smallest absolute Gasteiger partial charge is 0.133 e. The Morgan fingerprint density at radius 1 is 1.24 bits per heavy atom.